The third kappa shape index (κ3) is 3.39. The molecule has 2 nitrogen and oxygen atoms in total. The average molecular weight is 251 g/mol. The second-order valence-electron chi connectivity index (χ2n) is 5.31. The Kier molecular flexibility index (Phi) is 4.63. The van der Waals surface area contributed by atoms with Crippen LogP contribution in [0, 0.1) is 0 Å². The second kappa shape index (κ2) is 5.61. The van der Waals surface area contributed by atoms with Crippen LogP contribution in [-0.2, 0) is 5.67 Å². The van der Waals surface area contributed by atoms with Crippen molar-refractivity contribution in [1.82, 2.24) is 0 Å². The van der Waals surface area contributed by atoms with Crippen molar-refractivity contribution in [2.24, 2.45) is 4.99 Å². The molecule has 0 bridgehead atoms. The first-order valence-corrected chi connectivity index (χ1v) is 6.23. The van der Waals surface area contributed by atoms with Crippen LogP contribution in [-0.4, -0.2) is 17.5 Å². The van der Waals surface area contributed by atoms with Crippen LogP contribution in [0.1, 0.15) is 57.2 Å². The summed E-state index contributed by atoms with van der Waals surface area (Å²) in [6.45, 7) is 8.86. The summed E-state index contributed by atoms with van der Waals surface area (Å²) in [5, 5.41) is 8.81. The van der Waals surface area contributed by atoms with Crippen LogP contribution in [0.3, 0.4) is 0 Å². The van der Waals surface area contributed by atoms with Crippen molar-refractivity contribution >= 4 is 5.71 Å². The number of nitrogens with zero attached hydrogens (tertiary/aromatic N) is 1. The Morgan fingerprint density at radius 2 is 2.00 bits per heavy atom. The molecular formula is C15H22FNO. The van der Waals surface area contributed by atoms with Crippen LogP contribution in [0.15, 0.2) is 23.2 Å². The van der Waals surface area contributed by atoms with E-state index in [1.54, 1.807) is 13.8 Å². The van der Waals surface area contributed by atoms with Gasteiger partial charge in [-0.3, -0.25) is 4.99 Å². The zero-order valence-electron chi connectivity index (χ0n) is 11.8. The lowest BCUT2D eigenvalue weighted by Crippen LogP contribution is -2.14. The minimum atomic E-state index is -1.35. The van der Waals surface area contributed by atoms with E-state index in [9.17, 15) is 4.39 Å². The van der Waals surface area contributed by atoms with Crippen LogP contribution in [0.4, 0.5) is 4.39 Å². The first-order chi connectivity index (χ1) is 8.27. The number of hydrogen-bond donors (Lipinski definition) is 1. The number of aliphatic hydroxyl groups is 1. The van der Waals surface area contributed by atoms with E-state index in [0.29, 0.717) is 0 Å². The van der Waals surface area contributed by atoms with Gasteiger partial charge in [-0.2, -0.15) is 0 Å². The van der Waals surface area contributed by atoms with Gasteiger partial charge in [-0.1, -0.05) is 26.0 Å². The standard InChI is InChI=1S/C15H22FNO/c1-10(2)13-8-12(11(3)17-9-18)6-7-14(13)15(4,5)16/h6-8,10,18H,9H2,1-5H3. The van der Waals surface area contributed by atoms with E-state index in [4.69, 9.17) is 5.11 Å². The summed E-state index contributed by atoms with van der Waals surface area (Å²) in [4.78, 5) is 3.97. The molecule has 0 aromatic heterocycles. The number of aliphatic hydroxyl groups excluding tert-OH is 1. The number of benzene rings is 1. The molecule has 1 aromatic rings. The molecule has 0 saturated carbocycles. The lowest BCUT2D eigenvalue weighted by molar-refractivity contribution is 0.219. The lowest BCUT2D eigenvalue weighted by Gasteiger charge is -2.22. The zero-order chi connectivity index (χ0) is 13.9. The van der Waals surface area contributed by atoms with Crippen LogP contribution in [0.2, 0.25) is 0 Å². The predicted molar refractivity (Wildman–Crippen MR) is 74.0 cm³/mol. The summed E-state index contributed by atoms with van der Waals surface area (Å²) < 4.78 is 14.2. The first-order valence-electron chi connectivity index (χ1n) is 6.23. The molecule has 0 unspecified atom stereocenters. The Morgan fingerprint density at radius 3 is 2.44 bits per heavy atom. The van der Waals surface area contributed by atoms with Gasteiger partial charge >= 0.3 is 0 Å². The molecule has 0 aliphatic rings. The minimum Gasteiger partial charge on any atom is -0.375 e. The second-order valence-corrected chi connectivity index (χ2v) is 5.31. The van der Waals surface area contributed by atoms with Crippen LogP contribution in [0.5, 0.6) is 0 Å². The molecule has 0 heterocycles. The molecule has 0 aliphatic carbocycles. The SMILES string of the molecule is CC(=NCO)c1ccc(C(C)(C)F)c(C(C)C)c1. The monoisotopic (exact) mass is 251 g/mol. The van der Waals surface area contributed by atoms with E-state index in [-0.39, 0.29) is 12.6 Å². The molecule has 0 amide bonds. The molecule has 0 fully saturated rings. The minimum absolute atomic E-state index is 0.223. The summed E-state index contributed by atoms with van der Waals surface area (Å²) in [7, 11) is 0. The van der Waals surface area contributed by atoms with Crippen molar-refractivity contribution in [3.63, 3.8) is 0 Å². The number of aliphatic imine (C=N–C) groups is 1. The van der Waals surface area contributed by atoms with Crippen molar-refractivity contribution in [1.29, 1.82) is 0 Å². The lowest BCUT2D eigenvalue weighted by atomic mass is 9.87. The maximum absolute atomic E-state index is 14.2. The van der Waals surface area contributed by atoms with E-state index < -0.39 is 5.67 Å². The molecule has 0 saturated heterocycles. The molecule has 100 valence electrons. The Labute approximate surface area is 109 Å². The molecule has 18 heavy (non-hydrogen) atoms. The van der Waals surface area contributed by atoms with Gasteiger partial charge < -0.3 is 5.11 Å². The Morgan fingerprint density at radius 1 is 1.39 bits per heavy atom. The molecule has 0 atom stereocenters. The van der Waals surface area contributed by atoms with Gasteiger partial charge in [0.1, 0.15) is 12.4 Å². The largest absolute Gasteiger partial charge is 0.375 e. The summed E-state index contributed by atoms with van der Waals surface area (Å²) in [6, 6.07) is 5.65. The molecule has 0 radical (unpaired) electrons. The zero-order valence-corrected chi connectivity index (χ0v) is 11.8. The van der Waals surface area contributed by atoms with Gasteiger partial charge in [0, 0.05) is 5.71 Å². The maximum Gasteiger partial charge on any atom is 0.134 e. The van der Waals surface area contributed by atoms with Crippen molar-refractivity contribution < 1.29 is 9.50 Å². The number of hydrogen-bond acceptors (Lipinski definition) is 2. The average Bonchev–Trinajstić information content (AvgIpc) is 2.27. The van der Waals surface area contributed by atoms with Gasteiger partial charge in [0.05, 0.1) is 0 Å². The molecule has 3 heteroatoms. The fourth-order valence-electron chi connectivity index (χ4n) is 2.00. The van der Waals surface area contributed by atoms with Crippen molar-refractivity contribution in [3.8, 4) is 0 Å². The summed E-state index contributed by atoms with van der Waals surface area (Å²) in [5.41, 5.74) is 2.06. The van der Waals surface area contributed by atoms with Gasteiger partial charge in [-0.25, -0.2) is 4.39 Å². The topological polar surface area (TPSA) is 32.6 Å². The van der Waals surface area contributed by atoms with Crippen LogP contribution < -0.4 is 0 Å². The Hall–Kier alpha value is -1.22. The first kappa shape index (κ1) is 14.8. The highest BCUT2D eigenvalue weighted by Crippen LogP contribution is 2.32. The fraction of sp³-hybridized carbons (Fsp3) is 0.533. The molecule has 0 spiro atoms. The van der Waals surface area contributed by atoms with Crippen LogP contribution in [0.25, 0.3) is 0 Å². The Balaban J connectivity index is 3.33. The van der Waals surface area contributed by atoms with Crippen molar-refractivity contribution in [2.45, 2.75) is 46.2 Å². The van der Waals surface area contributed by atoms with Gasteiger partial charge in [0.2, 0.25) is 0 Å². The van der Waals surface area contributed by atoms with Crippen LogP contribution >= 0.6 is 0 Å². The van der Waals surface area contributed by atoms with Gasteiger partial charge in [-0.05, 0) is 49.4 Å². The Bertz CT molecular complexity index is 444. The smallest absolute Gasteiger partial charge is 0.134 e. The van der Waals surface area contributed by atoms with E-state index in [1.165, 1.54) is 0 Å². The maximum atomic E-state index is 14.2. The number of rotatable bonds is 4. The molecule has 1 aromatic carbocycles. The molecular weight excluding hydrogens is 229 g/mol. The summed E-state index contributed by atoms with van der Waals surface area (Å²) in [5.74, 6) is 0.247. The van der Waals surface area contributed by atoms with Crippen molar-refractivity contribution in [2.75, 3.05) is 6.73 Å². The number of alkyl halides is 1. The highest BCUT2D eigenvalue weighted by Gasteiger charge is 2.23. The normalized spacial score (nSPS) is 13.2. The van der Waals surface area contributed by atoms with E-state index >= 15 is 0 Å². The molecule has 1 N–H and O–H groups in total. The highest BCUT2D eigenvalue weighted by atomic mass is 19.1. The quantitative estimate of drug-likeness (QED) is 0.812. The van der Waals surface area contributed by atoms with E-state index in [2.05, 4.69) is 4.99 Å². The number of halogens is 1. The highest BCUT2D eigenvalue weighted by molar-refractivity contribution is 5.98. The fourth-order valence-corrected chi connectivity index (χ4v) is 2.00. The van der Waals surface area contributed by atoms with E-state index in [0.717, 1.165) is 22.4 Å². The molecule has 0 aliphatic heterocycles. The molecule has 1 rings (SSSR count). The van der Waals surface area contributed by atoms with Gasteiger partial charge in [0.25, 0.3) is 0 Å². The summed E-state index contributed by atoms with van der Waals surface area (Å²) in [6.07, 6.45) is 0. The third-order valence-electron chi connectivity index (χ3n) is 3.04. The summed E-state index contributed by atoms with van der Waals surface area (Å²) >= 11 is 0. The van der Waals surface area contributed by atoms with Gasteiger partial charge in [-0.15, -0.1) is 0 Å². The van der Waals surface area contributed by atoms with Gasteiger partial charge in [0.15, 0.2) is 0 Å². The third-order valence-corrected chi connectivity index (χ3v) is 3.04. The van der Waals surface area contributed by atoms with E-state index in [1.807, 2.05) is 39.0 Å². The predicted octanol–water partition coefficient (Wildman–Crippen LogP) is 3.77. The van der Waals surface area contributed by atoms with Crippen molar-refractivity contribution in [3.05, 3.63) is 34.9 Å².